The Morgan fingerprint density at radius 2 is 1.97 bits per heavy atom. The summed E-state index contributed by atoms with van der Waals surface area (Å²) in [7, 11) is 0. The molecule has 1 aromatic heterocycles. The lowest BCUT2D eigenvalue weighted by molar-refractivity contribution is -0.138. The van der Waals surface area contributed by atoms with E-state index in [9.17, 15) is 13.2 Å². The maximum atomic E-state index is 13.8. The molecule has 4 rings (SSSR count). The Bertz CT molecular complexity index is 953. The zero-order chi connectivity index (χ0) is 22.7. The minimum absolute atomic E-state index is 0.0612. The summed E-state index contributed by atoms with van der Waals surface area (Å²) in [6.45, 7) is 0.562. The molecule has 1 atom stereocenters. The summed E-state index contributed by atoms with van der Waals surface area (Å²) < 4.78 is 46.8. The number of nitrogens with zero attached hydrogens (tertiary/aromatic N) is 4. The monoisotopic (exact) mass is 451 g/mol. The molecular weight excluding hydrogens is 423 g/mol. The Labute approximate surface area is 184 Å². The summed E-state index contributed by atoms with van der Waals surface area (Å²) in [6, 6.07) is 3.90. The second-order valence-electron chi connectivity index (χ2n) is 8.68. The van der Waals surface area contributed by atoms with Crippen molar-refractivity contribution in [3.05, 3.63) is 35.2 Å². The van der Waals surface area contributed by atoms with Crippen molar-refractivity contribution in [1.82, 2.24) is 15.0 Å². The van der Waals surface area contributed by atoms with Crippen LogP contribution in [0.5, 0.6) is 0 Å². The second-order valence-corrected chi connectivity index (χ2v) is 8.68. The average Bonchev–Trinajstić information content (AvgIpc) is 3.47. The van der Waals surface area contributed by atoms with Gasteiger partial charge in [0.25, 0.3) is 0 Å². The lowest BCUT2D eigenvalue weighted by atomic mass is 9.84. The number of aryl methyl sites for hydroxylation is 1. The number of guanidine groups is 1. The minimum atomic E-state index is -4.46. The van der Waals surface area contributed by atoms with Crippen LogP contribution in [0.4, 0.5) is 13.2 Å². The number of nitrogens with two attached hydrogens (primary N) is 1. The smallest absolute Gasteiger partial charge is 0.408 e. The predicted molar refractivity (Wildman–Crippen MR) is 112 cm³/mol. The van der Waals surface area contributed by atoms with Crippen molar-refractivity contribution in [2.75, 3.05) is 6.54 Å². The zero-order valence-corrected chi connectivity index (χ0v) is 17.8. The van der Waals surface area contributed by atoms with Gasteiger partial charge in [-0.2, -0.15) is 18.2 Å². The van der Waals surface area contributed by atoms with Gasteiger partial charge >= 0.3 is 6.18 Å². The first-order valence-electron chi connectivity index (χ1n) is 11.1. The van der Waals surface area contributed by atoms with Gasteiger partial charge in [0.1, 0.15) is 6.04 Å². The van der Waals surface area contributed by atoms with Gasteiger partial charge in [-0.1, -0.05) is 54.5 Å². The van der Waals surface area contributed by atoms with Gasteiger partial charge in [0.2, 0.25) is 17.7 Å². The van der Waals surface area contributed by atoms with Crippen LogP contribution >= 0.6 is 0 Å². The van der Waals surface area contributed by atoms with E-state index in [-0.39, 0.29) is 29.3 Å². The molecule has 2 fully saturated rings. The molecule has 2 aliphatic rings. The van der Waals surface area contributed by atoms with Crippen LogP contribution in [0.3, 0.4) is 0 Å². The SMILES string of the molecule is N/C(=N/O)N1CCC[C@H]1c1nc(-c2ccc(CCC3CCCCC3)c(C(F)(F)F)c2)no1. The third kappa shape index (κ3) is 4.83. The molecule has 7 nitrogen and oxygen atoms in total. The first-order valence-corrected chi connectivity index (χ1v) is 11.1. The maximum Gasteiger partial charge on any atom is 0.416 e. The number of oxime groups is 1. The molecule has 0 radical (unpaired) electrons. The fourth-order valence-electron chi connectivity index (χ4n) is 4.88. The van der Waals surface area contributed by atoms with Crippen LogP contribution in [0.2, 0.25) is 0 Å². The maximum absolute atomic E-state index is 13.8. The zero-order valence-electron chi connectivity index (χ0n) is 17.8. The summed E-state index contributed by atoms with van der Waals surface area (Å²) >= 11 is 0. The number of alkyl halides is 3. The van der Waals surface area contributed by atoms with Crippen LogP contribution < -0.4 is 5.73 Å². The molecular formula is C22H28F3N5O2. The number of hydrogen-bond acceptors (Lipinski definition) is 5. The lowest BCUT2D eigenvalue weighted by Gasteiger charge is -2.22. The highest BCUT2D eigenvalue weighted by molar-refractivity contribution is 5.78. The number of hydrogen-bond donors (Lipinski definition) is 2. The highest BCUT2D eigenvalue weighted by Gasteiger charge is 2.35. The van der Waals surface area contributed by atoms with Crippen LogP contribution in [0.15, 0.2) is 27.9 Å². The van der Waals surface area contributed by atoms with Gasteiger partial charge in [-0.05, 0) is 43.2 Å². The normalized spacial score (nSPS) is 20.8. The van der Waals surface area contributed by atoms with Crippen molar-refractivity contribution in [1.29, 1.82) is 0 Å². The topological polar surface area (TPSA) is 101 Å². The van der Waals surface area contributed by atoms with Crippen LogP contribution in [-0.4, -0.2) is 32.8 Å². The number of aromatic nitrogens is 2. The Morgan fingerprint density at radius 1 is 1.19 bits per heavy atom. The Hall–Kier alpha value is -2.78. The standard InChI is InChI=1S/C22H28F3N5O2/c23-22(24,25)17-13-16(11-10-15(17)9-8-14-5-2-1-3-6-14)19-27-20(32-29-19)18-7-4-12-30(18)21(26)28-31/h10-11,13-14,18,31H,1-9,12H2,(H2,26,28)/t18-/m0/s1. The molecule has 2 heterocycles. The van der Waals surface area contributed by atoms with E-state index in [1.165, 1.54) is 25.3 Å². The molecule has 0 amide bonds. The largest absolute Gasteiger partial charge is 0.416 e. The van der Waals surface area contributed by atoms with Gasteiger partial charge < -0.3 is 20.4 Å². The van der Waals surface area contributed by atoms with E-state index in [2.05, 4.69) is 15.3 Å². The molecule has 1 saturated carbocycles. The molecule has 1 aliphatic carbocycles. The number of likely N-dealkylation sites (tertiary alicyclic amines) is 1. The van der Waals surface area contributed by atoms with E-state index in [1.54, 1.807) is 11.0 Å². The molecule has 3 N–H and O–H groups in total. The summed E-state index contributed by atoms with van der Waals surface area (Å²) in [5.74, 6) is 0.775. The number of rotatable bonds is 5. The second kappa shape index (κ2) is 9.38. The van der Waals surface area contributed by atoms with Crippen LogP contribution in [-0.2, 0) is 12.6 Å². The Kier molecular flexibility index (Phi) is 6.57. The van der Waals surface area contributed by atoms with Crippen molar-refractivity contribution in [2.24, 2.45) is 16.8 Å². The summed E-state index contributed by atoms with van der Waals surface area (Å²) in [6.07, 6.45) is 3.95. The molecule has 2 aromatic rings. The number of benzene rings is 1. The molecule has 0 bridgehead atoms. The predicted octanol–water partition coefficient (Wildman–Crippen LogP) is 5.11. The van der Waals surface area contributed by atoms with Crippen LogP contribution in [0.1, 0.15) is 74.4 Å². The fourth-order valence-corrected chi connectivity index (χ4v) is 4.88. The van der Waals surface area contributed by atoms with E-state index in [1.807, 2.05) is 0 Å². The molecule has 32 heavy (non-hydrogen) atoms. The molecule has 1 aliphatic heterocycles. The minimum Gasteiger partial charge on any atom is -0.408 e. The first kappa shape index (κ1) is 22.4. The third-order valence-electron chi connectivity index (χ3n) is 6.60. The van der Waals surface area contributed by atoms with E-state index in [0.29, 0.717) is 30.9 Å². The van der Waals surface area contributed by atoms with Gasteiger partial charge in [-0.3, -0.25) is 0 Å². The molecule has 0 unspecified atom stereocenters. The van der Waals surface area contributed by atoms with E-state index < -0.39 is 11.7 Å². The highest BCUT2D eigenvalue weighted by Crippen LogP contribution is 2.37. The molecule has 1 saturated heterocycles. The van der Waals surface area contributed by atoms with Crippen LogP contribution in [0, 0.1) is 5.92 Å². The number of halogens is 3. The molecule has 0 spiro atoms. The van der Waals surface area contributed by atoms with Gasteiger partial charge in [0, 0.05) is 12.1 Å². The van der Waals surface area contributed by atoms with E-state index in [4.69, 9.17) is 15.5 Å². The summed E-state index contributed by atoms with van der Waals surface area (Å²) in [5.41, 5.74) is 5.62. The fraction of sp³-hybridized carbons (Fsp3) is 0.591. The Balaban J connectivity index is 1.55. The lowest BCUT2D eigenvalue weighted by Crippen LogP contribution is -2.36. The van der Waals surface area contributed by atoms with E-state index in [0.717, 1.165) is 31.7 Å². The summed E-state index contributed by atoms with van der Waals surface area (Å²) in [4.78, 5) is 5.95. The molecule has 1 aromatic carbocycles. The van der Waals surface area contributed by atoms with Crippen molar-refractivity contribution in [3.8, 4) is 11.4 Å². The highest BCUT2D eigenvalue weighted by atomic mass is 19.4. The van der Waals surface area contributed by atoms with Gasteiger partial charge in [0.05, 0.1) is 5.56 Å². The molecule has 174 valence electrons. The Morgan fingerprint density at radius 3 is 2.69 bits per heavy atom. The quantitative estimate of drug-likeness (QED) is 0.284. The van der Waals surface area contributed by atoms with Crippen molar-refractivity contribution in [2.45, 2.75) is 70.0 Å². The van der Waals surface area contributed by atoms with Crippen molar-refractivity contribution >= 4 is 5.96 Å². The first-order chi connectivity index (χ1) is 15.4. The van der Waals surface area contributed by atoms with Gasteiger partial charge in [-0.15, -0.1) is 0 Å². The molecule has 10 heteroatoms. The van der Waals surface area contributed by atoms with E-state index >= 15 is 0 Å². The average molecular weight is 451 g/mol. The van der Waals surface area contributed by atoms with Crippen molar-refractivity contribution < 1.29 is 22.9 Å². The summed E-state index contributed by atoms with van der Waals surface area (Å²) in [5, 5.41) is 15.9. The third-order valence-corrected chi connectivity index (χ3v) is 6.60. The van der Waals surface area contributed by atoms with Crippen LogP contribution in [0.25, 0.3) is 11.4 Å². The van der Waals surface area contributed by atoms with Gasteiger partial charge in [-0.25, -0.2) is 0 Å². The van der Waals surface area contributed by atoms with Crippen molar-refractivity contribution in [3.63, 3.8) is 0 Å². The van der Waals surface area contributed by atoms with Gasteiger partial charge in [0.15, 0.2) is 0 Å².